The minimum atomic E-state index is -1.83. The van der Waals surface area contributed by atoms with E-state index in [1.807, 2.05) is 0 Å². The number of nitrogens with zero attached hydrogens (tertiary/aromatic N) is 3. The van der Waals surface area contributed by atoms with Gasteiger partial charge in [-0.15, -0.1) is 0 Å². The third kappa shape index (κ3) is 29.6. The number of hydrogen-bond acceptors (Lipinski definition) is 22. The summed E-state index contributed by atoms with van der Waals surface area (Å²) in [6.45, 7) is 0.248. The molecule has 90 heavy (non-hydrogen) atoms. The molecule has 2 rings (SSSR count). The summed E-state index contributed by atoms with van der Waals surface area (Å²) in [5.74, 6) is -7.73. The molecule has 0 aromatic carbocycles. The van der Waals surface area contributed by atoms with Crippen LogP contribution >= 0.6 is 0 Å². The number of unbranched alkanes of at least 4 members (excludes halogenated alkanes) is 4. The number of aliphatic hydroxyl groups excluding tert-OH is 2. The summed E-state index contributed by atoms with van der Waals surface area (Å²) in [6.07, 6.45) is 6.56. The van der Waals surface area contributed by atoms with Gasteiger partial charge in [0.1, 0.15) is 36.3 Å². The number of ketones is 1. The summed E-state index contributed by atoms with van der Waals surface area (Å²) < 4.78 is 0. The zero-order valence-electron chi connectivity index (χ0n) is 51.8. The second-order valence-corrected chi connectivity index (χ2v) is 22.0. The molecule has 1 aromatic rings. The number of aromatic nitrogens is 2. The van der Waals surface area contributed by atoms with Gasteiger partial charge in [-0.3, -0.25) is 52.9 Å². The summed E-state index contributed by atoms with van der Waals surface area (Å²) in [7, 11) is 0. The third-order valence-corrected chi connectivity index (χ3v) is 14.8. The molecule has 1 fully saturated rings. The molecule has 0 spiro atoms. The first-order chi connectivity index (χ1) is 43.1. The fraction of sp³-hybridized carbons (Fsp3) is 0.714. The van der Waals surface area contributed by atoms with E-state index in [2.05, 4.69) is 57.5 Å². The van der Waals surface area contributed by atoms with Crippen LogP contribution in [-0.2, 0) is 54.4 Å². The number of hydrogen-bond donors (Lipinski definition) is 21. The van der Waals surface area contributed by atoms with E-state index >= 15 is 0 Å². The molecular weight excluding hydrogens is 1170 g/mol. The van der Waals surface area contributed by atoms with Gasteiger partial charge in [-0.25, -0.2) is 4.98 Å². The maximum atomic E-state index is 14.5. The Bertz CT molecular complexity index is 2430. The number of rotatable bonds is 48. The molecule has 10 atom stereocenters. The van der Waals surface area contributed by atoms with Gasteiger partial charge >= 0.3 is 0 Å². The van der Waals surface area contributed by atoms with Crippen molar-refractivity contribution in [1.29, 1.82) is 0 Å². The van der Waals surface area contributed by atoms with Crippen LogP contribution in [0.4, 0.5) is 0 Å². The smallest absolute Gasteiger partial charge is 0.247 e. The Kier molecular flexibility index (Phi) is 39.4. The average Bonchev–Trinajstić information content (AvgIpc) is 1.70. The molecule has 0 aliphatic carbocycles. The SMILES string of the molecule is NCCCCNC(=O)[C@@H](CCCCN)NC(=O)/C(=C/CCN=C(N)N)CCC(=O)[C@H](CCCCN)NC(=O)[C@H](Cc1cnc[nH]1)NC(=O)[C@@H]1CCCN1C(=O)[C@@H](CCCN)NC(=O)CNC(=O)[C@@H](NC(=O)[C@@H](NC(=O)[C@@H](N)CCCCN)[C@@H](O)CN)[C@@H](O)CN. The van der Waals surface area contributed by atoms with E-state index in [0.29, 0.717) is 96.1 Å². The zero-order valence-corrected chi connectivity index (χ0v) is 51.8. The molecule has 2 heterocycles. The lowest BCUT2D eigenvalue weighted by Gasteiger charge is -2.30. The van der Waals surface area contributed by atoms with Crippen LogP contribution in [0.5, 0.6) is 0 Å². The van der Waals surface area contributed by atoms with Crippen molar-refractivity contribution in [2.24, 2.45) is 62.3 Å². The molecule has 0 saturated carbocycles. The predicted molar refractivity (Wildman–Crippen MR) is 336 cm³/mol. The Morgan fingerprint density at radius 1 is 0.633 bits per heavy atom. The number of likely N-dealkylation sites (tertiary alicyclic amines) is 1. The van der Waals surface area contributed by atoms with Gasteiger partial charge in [0, 0.05) is 63.0 Å². The number of Topliss-reactive ketones (excluding diaryl/α,β-unsaturated/α-hetero) is 1. The first-order valence-electron chi connectivity index (χ1n) is 31.1. The monoisotopic (exact) mass is 1280 g/mol. The van der Waals surface area contributed by atoms with Crippen molar-refractivity contribution in [3.63, 3.8) is 0 Å². The van der Waals surface area contributed by atoms with Crippen LogP contribution in [0.25, 0.3) is 0 Å². The topological polar surface area (TPSA) is 612 Å². The lowest BCUT2D eigenvalue weighted by molar-refractivity contribution is -0.142. The van der Waals surface area contributed by atoms with Gasteiger partial charge in [0.2, 0.25) is 53.2 Å². The van der Waals surface area contributed by atoms with E-state index in [-0.39, 0.29) is 101 Å². The van der Waals surface area contributed by atoms with Gasteiger partial charge in [-0.1, -0.05) is 12.5 Å². The molecule has 34 heteroatoms. The van der Waals surface area contributed by atoms with E-state index in [4.69, 9.17) is 57.3 Å². The summed E-state index contributed by atoms with van der Waals surface area (Å²) in [5.41, 5.74) is 57.4. The molecule has 0 radical (unpaired) electrons. The molecule has 34 nitrogen and oxygen atoms in total. The van der Waals surface area contributed by atoms with Crippen molar-refractivity contribution in [3.05, 3.63) is 29.9 Å². The van der Waals surface area contributed by atoms with Crippen molar-refractivity contribution in [3.8, 4) is 0 Å². The predicted octanol–water partition coefficient (Wildman–Crippen LogP) is -8.15. The molecule has 0 unspecified atom stereocenters. The number of nitrogens with two attached hydrogens (primary N) is 10. The second kappa shape index (κ2) is 45.0. The molecule has 0 bridgehead atoms. The second-order valence-electron chi connectivity index (χ2n) is 22.0. The molecular formula is C56H104N22O12. The summed E-state index contributed by atoms with van der Waals surface area (Å²) in [5, 5.41) is 42.0. The highest BCUT2D eigenvalue weighted by Crippen LogP contribution is 2.21. The number of amides is 9. The van der Waals surface area contributed by atoms with Gasteiger partial charge in [0.25, 0.3) is 0 Å². The molecule has 1 aliphatic heterocycles. The number of H-pyrrole nitrogens is 1. The van der Waals surface area contributed by atoms with Gasteiger partial charge in [0.05, 0.1) is 37.2 Å². The minimum Gasteiger partial charge on any atom is -0.389 e. The highest BCUT2D eigenvalue weighted by atomic mass is 16.3. The van der Waals surface area contributed by atoms with Crippen LogP contribution in [0.3, 0.4) is 0 Å². The van der Waals surface area contributed by atoms with Crippen LogP contribution in [0.2, 0.25) is 0 Å². The van der Waals surface area contributed by atoms with E-state index in [1.54, 1.807) is 6.08 Å². The van der Waals surface area contributed by atoms with Crippen LogP contribution in [0.15, 0.2) is 29.2 Å². The van der Waals surface area contributed by atoms with Crippen LogP contribution in [0.1, 0.15) is 121 Å². The van der Waals surface area contributed by atoms with E-state index < -0.39 is 133 Å². The molecule has 510 valence electrons. The highest BCUT2D eigenvalue weighted by molar-refractivity contribution is 5.99. The first-order valence-corrected chi connectivity index (χ1v) is 31.1. The third-order valence-electron chi connectivity index (χ3n) is 14.8. The largest absolute Gasteiger partial charge is 0.389 e. The zero-order chi connectivity index (χ0) is 67.0. The number of aliphatic imine (C=N–C) groups is 1. The molecule has 9 amide bonds. The van der Waals surface area contributed by atoms with Gasteiger partial charge in [-0.2, -0.15) is 0 Å². The summed E-state index contributed by atoms with van der Waals surface area (Å²) >= 11 is 0. The number of nitrogens with one attached hydrogen (secondary N) is 9. The highest BCUT2D eigenvalue weighted by Gasteiger charge is 2.40. The Morgan fingerprint density at radius 3 is 1.82 bits per heavy atom. The van der Waals surface area contributed by atoms with Crippen molar-refractivity contribution in [2.75, 3.05) is 72.0 Å². The molecule has 1 aliphatic rings. The van der Waals surface area contributed by atoms with Crippen LogP contribution < -0.4 is 99.9 Å². The van der Waals surface area contributed by atoms with Gasteiger partial charge in [-0.05, 0) is 135 Å². The van der Waals surface area contributed by atoms with Gasteiger partial charge in [0.15, 0.2) is 11.7 Å². The lowest BCUT2D eigenvalue weighted by Crippen LogP contribution is -2.63. The van der Waals surface area contributed by atoms with Crippen molar-refractivity contribution >= 4 is 64.9 Å². The number of aromatic amines is 1. The van der Waals surface area contributed by atoms with Gasteiger partial charge < -0.3 is 120 Å². The number of aliphatic hydroxyl groups is 2. The van der Waals surface area contributed by atoms with Crippen molar-refractivity contribution in [2.45, 2.75) is 183 Å². The number of guanidine groups is 1. The summed E-state index contributed by atoms with van der Waals surface area (Å²) in [4.78, 5) is 151. The maximum absolute atomic E-state index is 14.5. The van der Waals surface area contributed by atoms with E-state index in [9.17, 15) is 58.2 Å². The number of imidazole rings is 1. The van der Waals surface area contributed by atoms with Crippen molar-refractivity contribution < 1.29 is 58.2 Å². The fourth-order valence-corrected chi connectivity index (χ4v) is 9.66. The molecule has 1 aromatic heterocycles. The van der Waals surface area contributed by atoms with Crippen LogP contribution in [0, 0.1) is 0 Å². The maximum Gasteiger partial charge on any atom is 0.247 e. The quantitative estimate of drug-likeness (QED) is 0.0125. The minimum absolute atomic E-state index is 0.00902. The molecule has 1 saturated heterocycles. The fourth-order valence-electron chi connectivity index (χ4n) is 9.66. The van der Waals surface area contributed by atoms with Crippen LogP contribution in [-0.4, -0.2) is 223 Å². The standard InChI is InChI=1S/C56H104N22O12/c57-20-4-1-13-36(64)49(84)76-47(44(81)30-63)54(89)77-46(43(80)29-62)53(88)70-32-45(82)72-39(16-9-24-61)55(90)78-27-11-17-41(78)52(87)75-40(28-35-31-67-33-71-35)51(86)73-37(14-2-5-21-58)42(79)19-18-34(12-10-26-69-56(65)66)48(83)74-38(15-3-6-22-59)50(85)68-25-8-7-23-60/h12,31,33,36-41,43-44,46-47,80-81H,1-11,13-30,32,57-64H2,(H,67,71)(H,68,85)(H,70,88)(H,72,82)(H,73,86)(H,74,83)(H,75,87)(H,76,84)(H,77,89)(H4,65,66,69)/b34-12+/t36-,37-,38+,39+,40-,41-,43-,44-,46-,47-/m0/s1. The normalized spacial score (nSPS) is 16.1. The molecule has 31 N–H and O–H groups in total. The number of carbonyl (C=O) groups excluding carboxylic acids is 10. The van der Waals surface area contributed by atoms with Crippen molar-refractivity contribution in [1.82, 2.24) is 57.4 Å². The Hall–Kier alpha value is -7.28. The average molecular weight is 1280 g/mol. The Balaban J connectivity index is 2.35. The first kappa shape index (κ1) is 78.8. The number of carbonyl (C=O) groups is 10. The van der Waals surface area contributed by atoms with E-state index in [0.717, 1.165) is 0 Å². The lowest BCUT2D eigenvalue weighted by atomic mass is 9.97. The van der Waals surface area contributed by atoms with E-state index in [1.165, 1.54) is 17.4 Å². The Labute approximate surface area is 525 Å². The summed E-state index contributed by atoms with van der Waals surface area (Å²) in [6, 6.07) is -10.5. The Morgan fingerprint density at radius 2 is 1.22 bits per heavy atom.